The van der Waals surface area contributed by atoms with Gasteiger partial charge in [0.1, 0.15) is 5.15 Å². The van der Waals surface area contributed by atoms with E-state index in [-0.39, 0.29) is 5.56 Å². The molecule has 1 heterocycles. The highest BCUT2D eigenvalue weighted by molar-refractivity contribution is 6.30. The van der Waals surface area contributed by atoms with Crippen molar-refractivity contribution in [3.63, 3.8) is 0 Å². The van der Waals surface area contributed by atoms with Crippen molar-refractivity contribution in [2.24, 2.45) is 0 Å². The van der Waals surface area contributed by atoms with Gasteiger partial charge in [-0.05, 0) is 25.5 Å². The number of aromatic nitrogens is 1. The first-order valence-electron chi connectivity index (χ1n) is 3.53. The minimum atomic E-state index is -4.43. The number of aryl methyl sites for hydroxylation is 2. The summed E-state index contributed by atoms with van der Waals surface area (Å²) in [5.74, 6) is 0. The summed E-state index contributed by atoms with van der Waals surface area (Å²) in [5.41, 5.74) is -0.264. The Morgan fingerprint density at radius 3 is 2.23 bits per heavy atom. The van der Waals surface area contributed by atoms with E-state index in [0.29, 0.717) is 5.69 Å². The summed E-state index contributed by atoms with van der Waals surface area (Å²) in [6, 6.07) is 1.36. The molecule has 0 saturated carbocycles. The quantitative estimate of drug-likeness (QED) is 0.597. The van der Waals surface area contributed by atoms with E-state index in [1.54, 1.807) is 6.92 Å². The van der Waals surface area contributed by atoms with Crippen LogP contribution in [0, 0.1) is 13.8 Å². The molecule has 1 aromatic heterocycles. The van der Waals surface area contributed by atoms with Crippen molar-refractivity contribution in [1.29, 1.82) is 0 Å². The molecule has 0 unspecified atom stereocenters. The van der Waals surface area contributed by atoms with Crippen molar-refractivity contribution >= 4 is 11.6 Å². The molecule has 72 valence electrons. The second-order valence-corrected chi connectivity index (χ2v) is 3.10. The molecule has 0 fully saturated rings. The number of hydrogen-bond donors (Lipinski definition) is 0. The van der Waals surface area contributed by atoms with Crippen LogP contribution >= 0.6 is 11.6 Å². The first-order chi connectivity index (χ1) is 5.82. The fourth-order valence-electron chi connectivity index (χ4n) is 1.13. The number of pyridine rings is 1. The normalized spacial score (nSPS) is 11.8. The Bertz CT molecular complexity index is 310. The Morgan fingerprint density at radius 1 is 1.31 bits per heavy atom. The van der Waals surface area contributed by atoms with Crippen LogP contribution in [0.4, 0.5) is 13.2 Å². The Balaban J connectivity index is 3.38. The van der Waals surface area contributed by atoms with Gasteiger partial charge in [0.2, 0.25) is 0 Å². The maximum atomic E-state index is 12.3. The van der Waals surface area contributed by atoms with E-state index >= 15 is 0 Å². The lowest BCUT2D eigenvalue weighted by molar-refractivity contribution is -0.138. The van der Waals surface area contributed by atoms with Crippen LogP contribution in [0.15, 0.2) is 6.07 Å². The average Bonchev–Trinajstić information content (AvgIpc) is 1.78. The lowest BCUT2D eigenvalue weighted by Crippen LogP contribution is -2.10. The van der Waals surface area contributed by atoms with Gasteiger partial charge in [-0.25, -0.2) is 4.98 Å². The Morgan fingerprint density at radius 2 is 1.85 bits per heavy atom. The van der Waals surface area contributed by atoms with E-state index in [0.717, 1.165) is 0 Å². The molecular weight excluding hydrogens is 203 g/mol. The summed E-state index contributed by atoms with van der Waals surface area (Å²) in [4.78, 5) is 3.55. The highest BCUT2D eigenvalue weighted by Crippen LogP contribution is 2.36. The minimum Gasteiger partial charge on any atom is -0.241 e. The van der Waals surface area contributed by atoms with Gasteiger partial charge in [0.15, 0.2) is 0 Å². The van der Waals surface area contributed by atoms with E-state index in [9.17, 15) is 13.2 Å². The fraction of sp³-hybridized carbons (Fsp3) is 0.375. The third-order valence-corrected chi connectivity index (χ3v) is 1.86. The monoisotopic (exact) mass is 209 g/mol. The molecule has 1 rings (SSSR count). The predicted octanol–water partition coefficient (Wildman–Crippen LogP) is 3.37. The smallest absolute Gasteiger partial charge is 0.241 e. The van der Waals surface area contributed by atoms with Gasteiger partial charge in [0, 0.05) is 5.69 Å². The molecule has 0 aliphatic heterocycles. The van der Waals surface area contributed by atoms with Gasteiger partial charge in [-0.15, -0.1) is 0 Å². The summed E-state index contributed by atoms with van der Waals surface area (Å²) in [6.45, 7) is 2.96. The molecule has 1 aromatic rings. The van der Waals surface area contributed by atoms with Gasteiger partial charge in [-0.3, -0.25) is 0 Å². The van der Waals surface area contributed by atoms with Crippen LogP contribution in [0.3, 0.4) is 0 Å². The number of alkyl halides is 3. The highest BCUT2D eigenvalue weighted by Gasteiger charge is 2.35. The lowest BCUT2D eigenvalue weighted by Gasteiger charge is -2.11. The van der Waals surface area contributed by atoms with E-state index in [1.807, 2.05) is 0 Å². The van der Waals surface area contributed by atoms with Crippen LogP contribution in [0.25, 0.3) is 0 Å². The summed E-state index contributed by atoms with van der Waals surface area (Å²) in [5, 5.41) is -0.481. The second-order valence-electron chi connectivity index (χ2n) is 2.74. The fourth-order valence-corrected chi connectivity index (χ4v) is 1.52. The third-order valence-electron chi connectivity index (χ3n) is 1.58. The summed E-state index contributed by atoms with van der Waals surface area (Å²) in [6.07, 6.45) is -4.43. The zero-order chi connectivity index (χ0) is 10.2. The van der Waals surface area contributed by atoms with Crippen LogP contribution in [0.2, 0.25) is 5.15 Å². The standard InChI is InChI=1S/C8H7ClF3N/c1-4-3-5(2)13-7(9)6(4)8(10,11)12/h3H,1-2H3. The number of nitrogens with zero attached hydrogens (tertiary/aromatic N) is 1. The Kier molecular flexibility index (Phi) is 2.52. The van der Waals surface area contributed by atoms with Crippen molar-refractivity contribution < 1.29 is 13.2 Å². The molecule has 0 atom stereocenters. The number of halogens is 4. The average molecular weight is 210 g/mol. The van der Waals surface area contributed by atoms with Crippen LogP contribution in [0.5, 0.6) is 0 Å². The predicted molar refractivity (Wildman–Crippen MR) is 43.7 cm³/mol. The summed E-state index contributed by atoms with van der Waals surface area (Å²) in [7, 11) is 0. The molecule has 13 heavy (non-hydrogen) atoms. The van der Waals surface area contributed by atoms with Crippen LogP contribution in [-0.4, -0.2) is 4.98 Å². The maximum Gasteiger partial charge on any atom is 0.419 e. The molecule has 0 aliphatic rings. The van der Waals surface area contributed by atoms with Gasteiger partial charge in [-0.1, -0.05) is 11.6 Å². The molecule has 0 spiro atoms. The van der Waals surface area contributed by atoms with E-state index in [1.165, 1.54) is 13.0 Å². The second kappa shape index (κ2) is 3.18. The van der Waals surface area contributed by atoms with Crippen LogP contribution < -0.4 is 0 Å². The molecule has 0 bridgehead atoms. The first-order valence-corrected chi connectivity index (χ1v) is 3.91. The van der Waals surface area contributed by atoms with Crippen molar-refractivity contribution in [2.45, 2.75) is 20.0 Å². The molecule has 0 N–H and O–H groups in total. The first kappa shape index (κ1) is 10.3. The van der Waals surface area contributed by atoms with Gasteiger partial charge < -0.3 is 0 Å². The van der Waals surface area contributed by atoms with Gasteiger partial charge in [0.25, 0.3) is 0 Å². The Labute approximate surface area is 78.5 Å². The molecule has 0 saturated heterocycles. The zero-order valence-corrected chi connectivity index (χ0v) is 7.79. The third kappa shape index (κ3) is 2.12. The molecule has 5 heteroatoms. The van der Waals surface area contributed by atoms with Crippen molar-refractivity contribution in [1.82, 2.24) is 4.98 Å². The largest absolute Gasteiger partial charge is 0.419 e. The molecule has 0 aliphatic carbocycles. The lowest BCUT2D eigenvalue weighted by atomic mass is 10.1. The van der Waals surface area contributed by atoms with Crippen LogP contribution in [0.1, 0.15) is 16.8 Å². The topological polar surface area (TPSA) is 12.9 Å². The van der Waals surface area contributed by atoms with Gasteiger partial charge in [0.05, 0.1) is 5.56 Å². The molecule has 0 radical (unpaired) electrons. The van der Waals surface area contributed by atoms with E-state index < -0.39 is 16.9 Å². The van der Waals surface area contributed by atoms with Gasteiger partial charge >= 0.3 is 6.18 Å². The van der Waals surface area contributed by atoms with E-state index in [2.05, 4.69) is 4.98 Å². The summed E-state index contributed by atoms with van der Waals surface area (Å²) >= 11 is 5.39. The van der Waals surface area contributed by atoms with Crippen LogP contribution in [-0.2, 0) is 6.18 Å². The van der Waals surface area contributed by atoms with Crippen molar-refractivity contribution in [2.75, 3.05) is 0 Å². The van der Waals surface area contributed by atoms with Crippen molar-refractivity contribution in [3.05, 3.63) is 28.0 Å². The highest BCUT2D eigenvalue weighted by atomic mass is 35.5. The molecule has 0 amide bonds. The van der Waals surface area contributed by atoms with Crippen molar-refractivity contribution in [3.8, 4) is 0 Å². The SMILES string of the molecule is Cc1cc(C)c(C(F)(F)F)c(Cl)n1. The zero-order valence-electron chi connectivity index (χ0n) is 7.04. The minimum absolute atomic E-state index is 0.102. The molecule has 0 aromatic carbocycles. The molecule has 1 nitrogen and oxygen atoms in total. The number of hydrogen-bond acceptors (Lipinski definition) is 1. The summed E-state index contributed by atoms with van der Waals surface area (Å²) < 4.78 is 37.0. The number of rotatable bonds is 0. The van der Waals surface area contributed by atoms with E-state index in [4.69, 9.17) is 11.6 Å². The van der Waals surface area contributed by atoms with Gasteiger partial charge in [-0.2, -0.15) is 13.2 Å². The Hall–Kier alpha value is -0.770. The maximum absolute atomic E-state index is 12.3. The molecular formula is C8H7ClF3N.